The van der Waals surface area contributed by atoms with Crippen LogP contribution in [-0.2, 0) is 14.1 Å². The molecule has 29 heavy (non-hydrogen) atoms. The van der Waals surface area contributed by atoms with Crippen LogP contribution in [-0.4, -0.2) is 20.6 Å². The van der Waals surface area contributed by atoms with Gasteiger partial charge in [-0.3, -0.25) is 9.59 Å². The van der Waals surface area contributed by atoms with Crippen molar-refractivity contribution in [2.24, 2.45) is 20.0 Å². The molecule has 0 bridgehead atoms. The highest BCUT2D eigenvalue weighted by Gasteiger charge is 2.50. The Kier molecular flexibility index (Phi) is 3.99. The molecule has 144 valence electrons. The first-order chi connectivity index (χ1) is 13.9. The number of benzene rings is 2. The third-order valence-electron chi connectivity index (χ3n) is 5.88. The summed E-state index contributed by atoms with van der Waals surface area (Å²) in [4.78, 5) is 42.5. The predicted molar refractivity (Wildman–Crippen MR) is 117 cm³/mol. The van der Waals surface area contributed by atoms with Crippen molar-refractivity contribution in [3.05, 3.63) is 95.2 Å². The third kappa shape index (κ3) is 2.46. The van der Waals surface area contributed by atoms with Gasteiger partial charge in [-0.2, -0.15) is 4.57 Å². The van der Waals surface area contributed by atoms with Crippen LogP contribution in [0.4, 0.5) is 5.82 Å². The van der Waals surface area contributed by atoms with Crippen LogP contribution < -0.4 is 16.2 Å². The van der Waals surface area contributed by atoms with Gasteiger partial charge in [-0.05, 0) is 40.3 Å². The summed E-state index contributed by atoms with van der Waals surface area (Å²) in [6, 6.07) is 15.3. The maximum Gasteiger partial charge on any atom is 0.417 e. The van der Waals surface area contributed by atoms with E-state index in [1.54, 1.807) is 7.05 Å². The Balaban J connectivity index is 1.92. The predicted octanol–water partition coefficient (Wildman–Crippen LogP) is 0.848. The van der Waals surface area contributed by atoms with Gasteiger partial charge >= 0.3 is 5.69 Å². The van der Waals surface area contributed by atoms with Gasteiger partial charge in [0.25, 0.3) is 11.4 Å². The molecule has 2 aromatic carbocycles. The zero-order valence-electron chi connectivity index (χ0n) is 15.8. The quantitative estimate of drug-likeness (QED) is 0.506. The largest absolute Gasteiger partial charge is 0.417 e. The van der Waals surface area contributed by atoms with Gasteiger partial charge in [-0.1, -0.05) is 36.4 Å². The van der Waals surface area contributed by atoms with E-state index in [9.17, 15) is 14.4 Å². The lowest BCUT2D eigenvalue weighted by atomic mass is 9.76. The van der Waals surface area contributed by atoms with Crippen molar-refractivity contribution >= 4 is 39.9 Å². The Morgan fingerprint density at radius 2 is 1.62 bits per heavy atom. The zero-order valence-corrected chi connectivity index (χ0v) is 17.9. The second kappa shape index (κ2) is 6.35. The molecule has 1 aliphatic heterocycles. The SMILES string of the molecule is Cn1c2c(c(=O)n(C)c1=O)C(c1cccc(I)c1)C1C(=O)c3ccccc3C1=[NH+]2. The molecule has 0 radical (unpaired) electrons. The highest BCUT2D eigenvalue weighted by molar-refractivity contribution is 14.1. The topological polar surface area (TPSA) is 75.0 Å². The molecular weight excluding hydrogens is 481 g/mol. The van der Waals surface area contributed by atoms with Gasteiger partial charge in [0.2, 0.25) is 0 Å². The molecule has 2 aliphatic rings. The molecule has 5 rings (SSSR count). The Hall–Kier alpha value is -2.81. The Morgan fingerprint density at radius 3 is 2.34 bits per heavy atom. The van der Waals surface area contributed by atoms with Gasteiger partial charge in [0.15, 0.2) is 5.78 Å². The minimum Gasteiger partial charge on any atom is -0.293 e. The van der Waals surface area contributed by atoms with Gasteiger partial charge in [-0.25, -0.2) is 14.4 Å². The van der Waals surface area contributed by atoms with Crippen LogP contribution in [0, 0.1) is 9.49 Å². The number of carbonyl (C=O) groups is 1. The number of nitrogens with one attached hydrogen (secondary N) is 1. The van der Waals surface area contributed by atoms with E-state index in [-0.39, 0.29) is 11.3 Å². The molecule has 1 aromatic heterocycles. The Labute approximate surface area is 179 Å². The fourth-order valence-electron chi connectivity index (χ4n) is 4.52. The molecule has 0 fully saturated rings. The summed E-state index contributed by atoms with van der Waals surface area (Å²) in [7, 11) is 3.12. The molecule has 2 unspecified atom stereocenters. The summed E-state index contributed by atoms with van der Waals surface area (Å²) in [5.41, 5.74) is 2.79. The molecule has 7 heteroatoms. The number of ketones is 1. The van der Waals surface area contributed by atoms with Crippen LogP contribution in [0.15, 0.2) is 58.1 Å². The number of hydrogen-bond donors (Lipinski definition) is 1. The fraction of sp³-hybridized carbons (Fsp3) is 0.182. The van der Waals surface area contributed by atoms with E-state index < -0.39 is 17.5 Å². The Bertz CT molecular complexity index is 1370. The molecular formula is C22H17IN3O3+. The van der Waals surface area contributed by atoms with Crippen LogP contribution >= 0.6 is 22.6 Å². The van der Waals surface area contributed by atoms with Crippen molar-refractivity contribution in [1.82, 2.24) is 9.13 Å². The first-order valence-corrected chi connectivity index (χ1v) is 10.3. The average molecular weight is 498 g/mol. The number of Topliss-reactive ketones (excluding diaryl/α,β-unsaturated/α-hetero) is 1. The van der Waals surface area contributed by atoms with Crippen LogP contribution in [0.1, 0.15) is 33.0 Å². The van der Waals surface area contributed by atoms with Crippen molar-refractivity contribution in [3.8, 4) is 0 Å². The lowest BCUT2D eigenvalue weighted by Gasteiger charge is -2.26. The molecule has 2 heterocycles. The standard InChI is InChI=1S/C22H16IN3O3/c1-25-20-17(21(28)26(2)22(25)29)15(11-6-5-7-12(23)10-11)16-18(24-20)13-8-3-4-9-14(13)19(16)27/h3-10,15-16H,1-2H3/p+1. The van der Waals surface area contributed by atoms with Gasteiger partial charge in [0, 0.05) is 27.7 Å². The molecule has 0 saturated carbocycles. The lowest BCUT2D eigenvalue weighted by molar-refractivity contribution is -0.368. The van der Waals surface area contributed by atoms with Crippen molar-refractivity contribution < 1.29 is 9.79 Å². The van der Waals surface area contributed by atoms with Gasteiger partial charge in [0.05, 0.1) is 13.0 Å². The van der Waals surface area contributed by atoms with Crippen LogP contribution in [0.5, 0.6) is 0 Å². The number of carbonyl (C=O) groups excluding carboxylic acids is 1. The third-order valence-corrected chi connectivity index (χ3v) is 6.55. The summed E-state index contributed by atoms with van der Waals surface area (Å²) < 4.78 is 3.58. The molecule has 0 saturated heterocycles. The number of aromatic nitrogens is 2. The van der Waals surface area contributed by atoms with Crippen LogP contribution in [0.3, 0.4) is 0 Å². The van der Waals surface area contributed by atoms with E-state index in [0.717, 1.165) is 25.0 Å². The summed E-state index contributed by atoms with van der Waals surface area (Å²) in [6.45, 7) is 0. The van der Waals surface area contributed by atoms with Gasteiger partial charge in [0.1, 0.15) is 11.3 Å². The monoisotopic (exact) mass is 498 g/mol. The van der Waals surface area contributed by atoms with Gasteiger partial charge < -0.3 is 0 Å². The van der Waals surface area contributed by atoms with E-state index in [4.69, 9.17) is 0 Å². The van der Waals surface area contributed by atoms with Crippen molar-refractivity contribution in [3.63, 3.8) is 0 Å². The minimum absolute atomic E-state index is 0.00600. The summed E-state index contributed by atoms with van der Waals surface area (Å²) in [5, 5.41) is 0. The van der Waals surface area contributed by atoms with E-state index >= 15 is 0 Å². The number of rotatable bonds is 1. The molecule has 2 atom stereocenters. The van der Waals surface area contributed by atoms with Crippen LogP contribution in [0.25, 0.3) is 0 Å². The van der Waals surface area contributed by atoms with Gasteiger partial charge in [-0.15, -0.1) is 0 Å². The summed E-state index contributed by atoms with van der Waals surface area (Å²) in [6.07, 6.45) is 0. The van der Waals surface area contributed by atoms with E-state index in [1.165, 1.54) is 11.6 Å². The highest BCUT2D eigenvalue weighted by Crippen LogP contribution is 2.42. The number of halogens is 1. The minimum atomic E-state index is -0.525. The molecule has 0 spiro atoms. The highest BCUT2D eigenvalue weighted by atomic mass is 127. The fourth-order valence-corrected chi connectivity index (χ4v) is 5.08. The van der Waals surface area contributed by atoms with Crippen molar-refractivity contribution in [1.29, 1.82) is 0 Å². The first kappa shape index (κ1) is 18.2. The molecule has 3 aromatic rings. The van der Waals surface area contributed by atoms with Crippen LogP contribution in [0.2, 0.25) is 0 Å². The zero-order chi connectivity index (χ0) is 20.4. The van der Waals surface area contributed by atoms with E-state index in [0.29, 0.717) is 16.9 Å². The maximum absolute atomic E-state index is 13.4. The molecule has 6 nitrogen and oxygen atoms in total. The first-order valence-electron chi connectivity index (χ1n) is 9.23. The number of hydrogen-bond acceptors (Lipinski definition) is 3. The van der Waals surface area contributed by atoms with E-state index in [2.05, 4.69) is 27.6 Å². The lowest BCUT2D eigenvalue weighted by Crippen LogP contribution is -2.74. The second-order valence-electron chi connectivity index (χ2n) is 7.43. The number of fused-ring (bicyclic) bond motifs is 4. The van der Waals surface area contributed by atoms with Crippen molar-refractivity contribution in [2.45, 2.75) is 5.92 Å². The molecule has 0 amide bonds. The average Bonchev–Trinajstić information content (AvgIpc) is 3.01. The van der Waals surface area contributed by atoms with E-state index in [1.807, 2.05) is 48.5 Å². The summed E-state index contributed by atoms with van der Waals surface area (Å²) in [5.74, 6) is -0.545. The second-order valence-corrected chi connectivity index (χ2v) is 8.67. The molecule has 1 aliphatic carbocycles. The Morgan fingerprint density at radius 1 is 0.897 bits per heavy atom. The summed E-state index contributed by atoms with van der Waals surface area (Å²) >= 11 is 2.23. The normalized spacial score (nSPS) is 19.4. The maximum atomic E-state index is 13.4. The number of nitrogens with zero attached hydrogens (tertiary/aromatic N) is 2. The molecule has 1 N–H and O–H groups in total. The van der Waals surface area contributed by atoms with Crippen molar-refractivity contribution in [2.75, 3.05) is 0 Å². The smallest absolute Gasteiger partial charge is 0.293 e.